The summed E-state index contributed by atoms with van der Waals surface area (Å²) in [4.78, 5) is 32.6. The molecule has 0 fully saturated rings. The first-order chi connectivity index (χ1) is 32.7. The zero-order valence-corrected chi connectivity index (χ0v) is 38.9. The number of carbonyl (C=O) groups is 2. The highest BCUT2D eigenvalue weighted by atomic mass is 32.1. The molecular weight excluding hydrogens is 851 g/mol. The van der Waals surface area contributed by atoms with Gasteiger partial charge in [0.15, 0.2) is 5.54 Å². The second-order valence-corrected chi connectivity index (χ2v) is 18.7. The second-order valence-electron chi connectivity index (χ2n) is 17.8. The number of aromatic nitrogens is 4. The molecule has 6 aromatic carbocycles. The molecule has 1 aliphatic heterocycles. The van der Waals surface area contributed by atoms with E-state index in [-0.39, 0.29) is 24.3 Å². The lowest BCUT2D eigenvalue weighted by atomic mass is 9.77. The second kappa shape index (κ2) is 20.2. The highest BCUT2D eigenvalue weighted by Crippen LogP contribution is 2.41. The maximum Gasteiger partial charge on any atom is 0.249 e. The number of nitrogens with zero attached hydrogens (tertiary/aromatic N) is 5. The van der Waals surface area contributed by atoms with Crippen LogP contribution in [-0.4, -0.2) is 56.3 Å². The van der Waals surface area contributed by atoms with Crippen LogP contribution >= 0.6 is 11.3 Å². The number of rotatable bonds is 17. The standard InChI is InChI=1S/C56H55N7O3S/c1-40(66-39-42-18-8-4-9-19-42)37-57-55(2,3)36-51(64)58-49-33-32-44-20-16-17-27-50(44)62(54(49)65)38-41-28-30-43(31-29-41)48-34-35-67-52(48)53-59-61-63(60-53)56(45-21-10-5-11-22-45,46-23-12-6-13-24-46)47-25-14-7-15-26-47/h4-31,34-35,40,49,57H,32-33,36-39H2,1-3H3,(H,58,64)/t40-,49-/m1/s1. The number of para-hydroxylation sites is 1. The highest BCUT2D eigenvalue weighted by molar-refractivity contribution is 7.14. The van der Waals surface area contributed by atoms with E-state index in [0.29, 0.717) is 38.4 Å². The van der Waals surface area contributed by atoms with Gasteiger partial charge in [-0.1, -0.05) is 164 Å². The van der Waals surface area contributed by atoms with E-state index in [0.717, 1.165) is 55.1 Å². The number of fused-ring (bicyclic) bond motifs is 1. The molecule has 0 bridgehead atoms. The quantitative estimate of drug-likeness (QED) is 0.0875. The van der Waals surface area contributed by atoms with Gasteiger partial charge in [0.1, 0.15) is 6.04 Å². The number of benzene rings is 6. The molecule has 2 amide bonds. The number of hydrogen-bond acceptors (Lipinski definition) is 8. The van der Waals surface area contributed by atoms with Crippen molar-refractivity contribution in [1.82, 2.24) is 30.8 Å². The molecular formula is C56H55N7O3S. The summed E-state index contributed by atoms with van der Waals surface area (Å²) in [5.41, 5.74) is 7.66. The minimum Gasteiger partial charge on any atom is -0.373 e. The summed E-state index contributed by atoms with van der Waals surface area (Å²) in [5, 5.41) is 23.4. The van der Waals surface area contributed by atoms with Crippen molar-refractivity contribution in [3.8, 4) is 21.8 Å². The third-order valence-corrected chi connectivity index (χ3v) is 13.4. The van der Waals surface area contributed by atoms with Crippen LogP contribution in [0.25, 0.3) is 21.8 Å². The molecule has 2 aromatic heterocycles. The summed E-state index contributed by atoms with van der Waals surface area (Å²) in [5.74, 6) is 0.238. The van der Waals surface area contributed by atoms with Crippen LogP contribution in [0.5, 0.6) is 0 Å². The Bertz CT molecular complexity index is 2790. The zero-order valence-electron chi connectivity index (χ0n) is 38.1. The fourth-order valence-corrected chi connectivity index (χ4v) is 9.87. The number of hydrogen-bond donors (Lipinski definition) is 2. The Morgan fingerprint density at radius 1 is 0.761 bits per heavy atom. The maximum absolute atomic E-state index is 14.5. The van der Waals surface area contributed by atoms with E-state index in [1.165, 1.54) is 0 Å². The van der Waals surface area contributed by atoms with Gasteiger partial charge in [0.25, 0.3) is 0 Å². The highest BCUT2D eigenvalue weighted by Gasteiger charge is 2.41. The summed E-state index contributed by atoms with van der Waals surface area (Å²) < 4.78 is 6.05. The van der Waals surface area contributed by atoms with Crippen molar-refractivity contribution < 1.29 is 14.3 Å². The number of nitrogens with one attached hydrogen (secondary N) is 2. The molecule has 10 nitrogen and oxygen atoms in total. The summed E-state index contributed by atoms with van der Waals surface area (Å²) in [6.45, 7) is 7.50. The molecule has 338 valence electrons. The van der Waals surface area contributed by atoms with Crippen LogP contribution in [0, 0.1) is 0 Å². The summed E-state index contributed by atoms with van der Waals surface area (Å²) in [6.07, 6.45) is 1.34. The van der Waals surface area contributed by atoms with Crippen LogP contribution in [-0.2, 0) is 39.4 Å². The molecule has 0 saturated heterocycles. The minimum atomic E-state index is -0.884. The predicted octanol–water partition coefficient (Wildman–Crippen LogP) is 10.2. The molecule has 67 heavy (non-hydrogen) atoms. The van der Waals surface area contributed by atoms with Crippen LogP contribution < -0.4 is 15.5 Å². The first-order valence-electron chi connectivity index (χ1n) is 22.9. The Labute approximate surface area is 396 Å². The van der Waals surface area contributed by atoms with E-state index in [4.69, 9.17) is 20.1 Å². The molecule has 3 heterocycles. The van der Waals surface area contributed by atoms with E-state index >= 15 is 0 Å². The van der Waals surface area contributed by atoms with E-state index < -0.39 is 17.1 Å². The average Bonchev–Trinajstić information content (AvgIpc) is 4.04. The first-order valence-corrected chi connectivity index (χ1v) is 23.8. The molecule has 8 aromatic rings. The molecule has 9 rings (SSSR count). The lowest BCUT2D eigenvalue weighted by molar-refractivity contribution is -0.128. The van der Waals surface area contributed by atoms with Crippen molar-refractivity contribution in [2.24, 2.45) is 0 Å². The van der Waals surface area contributed by atoms with Crippen LogP contribution in [0.2, 0.25) is 0 Å². The smallest absolute Gasteiger partial charge is 0.249 e. The first kappa shape index (κ1) is 45.1. The Morgan fingerprint density at radius 2 is 1.36 bits per heavy atom. The van der Waals surface area contributed by atoms with Crippen LogP contribution in [0.1, 0.15) is 67.0 Å². The lowest BCUT2D eigenvalue weighted by Crippen LogP contribution is -2.51. The van der Waals surface area contributed by atoms with Gasteiger partial charge in [-0.15, -0.1) is 26.3 Å². The van der Waals surface area contributed by atoms with E-state index in [1.54, 1.807) is 16.1 Å². The van der Waals surface area contributed by atoms with Gasteiger partial charge in [-0.05, 0) is 95.3 Å². The van der Waals surface area contributed by atoms with Crippen molar-refractivity contribution in [1.29, 1.82) is 0 Å². The normalized spacial score (nSPS) is 14.6. The molecule has 0 aliphatic carbocycles. The van der Waals surface area contributed by atoms with E-state index in [9.17, 15) is 9.59 Å². The Morgan fingerprint density at radius 3 is 2.00 bits per heavy atom. The van der Waals surface area contributed by atoms with Crippen LogP contribution in [0.4, 0.5) is 5.69 Å². The molecule has 0 saturated carbocycles. The Kier molecular flexibility index (Phi) is 13.6. The molecule has 0 spiro atoms. The topological polar surface area (TPSA) is 114 Å². The van der Waals surface area contributed by atoms with E-state index in [1.807, 2.05) is 129 Å². The van der Waals surface area contributed by atoms with Crippen molar-refractivity contribution in [3.05, 3.63) is 215 Å². The SMILES string of the molecule is C[C@H](CNC(C)(C)CC(=O)N[C@@H]1CCc2ccccc2N(Cc2ccc(-c3ccsc3-c3nnn(C(c4ccccc4)(c4ccccc4)c4ccccc4)n3)cc2)C1=O)OCc1ccccc1. The van der Waals surface area contributed by atoms with E-state index in [2.05, 4.69) is 88.8 Å². The molecule has 0 unspecified atom stereocenters. The zero-order chi connectivity index (χ0) is 46.2. The third kappa shape index (κ3) is 10.0. The molecule has 2 N–H and O–H groups in total. The van der Waals surface area contributed by atoms with Gasteiger partial charge in [-0.3, -0.25) is 9.59 Å². The van der Waals surface area contributed by atoms with Crippen LogP contribution in [0.15, 0.2) is 181 Å². The summed E-state index contributed by atoms with van der Waals surface area (Å²) >= 11 is 1.57. The number of tetrazole rings is 1. The van der Waals surface area contributed by atoms with Gasteiger partial charge < -0.3 is 20.3 Å². The Balaban J connectivity index is 0.912. The van der Waals surface area contributed by atoms with Gasteiger partial charge in [-0.2, -0.15) is 0 Å². The van der Waals surface area contributed by atoms with Crippen molar-refractivity contribution in [2.45, 2.75) is 76.4 Å². The summed E-state index contributed by atoms with van der Waals surface area (Å²) in [6, 6.07) is 58.8. The summed E-state index contributed by atoms with van der Waals surface area (Å²) in [7, 11) is 0. The van der Waals surface area contributed by atoms with Crippen molar-refractivity contribution in [3.63, 3.8) is 0 Å². The monoisotopic (exact) mass is 905 g/mol. The molecule has 11 heteroatoms. The maximum atomic E-state index is 14.5. The molecule has 0 radical (unpaired) electrons. The number of carbonyl (C=O) groups excluding carboxylic acids is 2. The lowest BCUT2D eigenvalue weighted by Gasteiger charge is -2.34. The van der Waals surface area contributed by atoms with Crippen molar-refractivity contribution in [2.75, 3.05) is 11.4 Å². The van der Waals surface area contributed by atoms with Gasteiger partial charge in [0, 0.05) is 29.8 Å². The molecule has 2 atom stereocenters. The fourth-order valence-electron chi connectivity index (χ4n) is 9.03. The number of ether oxygens (including phenoxy) is 1. The van der Waals surface area contributed by atoms with Gasteiger partial charge in [0.2, 0.25) is 17.6 Å². The Hall–Kier alpha value is -7.05. The number of amides is 2. The van der Waals surface area contributed by atoms with Crippen molar-refractivity contribution >= 4 is 28.8 Å². The minimum absolute atomic E-state index is 0.0509. The largest absolute Gasteiger partial charge is 0.373 e. The number of thiophene rings is 1. The predicted molar refractivity (Wildman–Crippen MR) is 266 cm³/mol. The number of anilines is 1. The van der Waals surface area contributed by atoms with Gasteiger partial charge in [0.05, 0.1) is 24.1 Å². The van der Waals surface area contributed by atoms with Gasteiger partial charge in [-0.25, -0.2) is 0 Å². The number of aryl methyl sites for hydroxylation is 1. The average molecular weight is 906 g/mol. The van der Waals surface area contributed by atoms with Gasteiger partial charge >= 0.3 is 0 Å². The van der Waals surface area contributed by atoms with Crippen LogP contribution in [0.3, 0.4) is 0 Å². The fraction of sp³-hybridized carbons (Fsp3) is 0.232. The molecule has 1 aliphatic rings. The third-order valence-electron chi connectivity index (χ3n) is 12.5.